The third-order valence-corrected chi connectivity index (χ3v) is 4.33. The molecule has 5 heteroatoms. The van der Waals surface area contributed by atoms with Crippen molar-refractivity contribution in [3.05, 3.63) is 59.7 Å². The first-order chi connectivity index (χ1) is 11.5. The number of nitrogens with one attached hydrogen (secondary N) is 1. The molecule has 0 saturated carbocycles. The molecule has 24 heavy (non-hydrogen) atoms. The number of anilines is 1. The maximum atomic E-state index is 12.3. The van der Waals surface area contributed by atoms with Gasteiger partial charge in [0.25, 0.3) is 5.91 Å². The van der Waals surface area contributed by atoms with Crippen molar-refractivity contribution in [2.45, 2.75) is 31.8 Å². The van der Waals surface area contributed by atoms with E-state index in [9.17, 15) is 9.59 Å². The number of hydrogen-bond acceptors (Lipinski definition) is 4. The van der Waals surface area contributed by atoms with Crippen LogP contribution < -0.4 is 5.32 Å². The fourth-order valence-electron chi connectivity index (χ4n) is 2.07. The summed E-state index contributed by atoms with van der Waals surface area (Å²) >= 11 is 1.57. The molecule has 0 aromatic heterocycles. The van der Waals surface area contributed by atoms with Crippen molar-refractivity contribution in [1.82, 2.24) is 0 Å². The normalized spacial score (nSPS) is 11.6. The van der Waals surface area contributed by atoms with E-state index in [-0.39, 0.29) is 5.91 Å². The van der Waals surface area contributed by atoms with Gasteiger partial charge in [0, 0.05) is 10.6 Å². The summed E-state index contributed by atoms with van der Waals surface area (Å²) in [7, 11) is 0. The number of carbonyl (C=O) groups excluding carboxylic acids is 2. The Morgan fingerprint density at radius 2 is 1.79 bits per heavy atom. The van der Waals surface area contributed by atoms with E-state index in [4.69, 9.17) is 4.74 Å². The quantitative estimate of drug-likeness (QED) is 0.628. The molecule has 4 nitrogen and oxygen atoms in total. The van der Waals surface area contributed by atoms with Crippen LogP contribution in [0.1, 0.15) is 29.8 Å². The lowest BCUT2D eigenvalue weighted by atomic mass is 10.2. The summed E-state index contributed by atoms with van der Waals surface area (Å²) in [6, 6.07) is 14.7. The average Bonchev–Trinajstić information content (AvgIpc) is 2.57. The Bertz CT molecular complexity index is 713. The van der Waals surface area contributed by atoms with Crippen LogP contribution in [-0.2, 0) is 9.53 Å². The van der Waals surface area contributed by atoms with Crippen molar-refractivity contribution in [1.29, 1.82) is 0 Å². The lowest BCUT2D eigenvalue weighted by Crippen LogP contribution is -2.30. The molecule has 2 aromatic rings. The van der Waals surface area contributed by atoms with Crippen molar-refractivity contribution in [3.8, 4) is 0 Å². The van der Waals surface area contributed by atoms with E-state index in [0.29, 0.717) is 11.3 Å². The van der Waals surface area contributed by atoms with Gasteiger partial charge in [-0.2, -0.15) is 0 Å². The summed E-state index contributed by atoms with van der Waals surface area (Å²) in [6.07, 6.45) is -0.876. The molecule has 0 heterocycles. The molecular formula is C19H21NO3S. The predicted molar refractivity (Wildman–Crippen MR) is 97.5 cm³/mol. The second-order valence-corrected chi connectivity index (χ2v) is 6.64. The standard InChI is InChI=1S/C19H21NO3S/c1-4-24-17-8-6-5-7-16(17)19(22)23-14(3)18(21)20-15-11-9-13(2)10-12-15/h5-12,14H,4H2,1-3H3,(H,20,21)/t14-/m0/s1. The van der Waals surface area contributed by atoms with Crippen LogP contribution in [0.4, 0.5) is 5.69 Å². The van der Waals surface area contributed by atoms with E-state index in [0.717, 1.165) is 16.2 Å². The van der Waals surface area contributed by atoms with Crippen molar-refractivity contribution < 1.29 is 14.3 Å². The van der Waals surface area contributed by atoms with E-state index in [1.807, 2.05) is 50.2 Å². The van der Waals surface area contributed by atoms with Crippen molar-refractivity contribution in [2.24, 2.45) is 0 Å². The van der Waals surface area contributed by atoms with E-state index in [1.165, 1.54) is 0 Å². The molecule has 0 radical (unpaired) electrons. The summed E-state index contributed by atoms with van der Waals surface area (Å²) in [5, 5.41) is 2.74. The molecule has 0 bridgehead atoms. The number of thioether (sulfide) groups is 1. The first-order valence-corrected chi connectivity index (χ1v) is 8.80. The fourth-order valence-corrected chi connectivity index (χ4v) is 2.87. The molecule has 0 aliphatic rings. The van der Waals surface area contributed by atoms with E-state index in [2.05, 4.69) is 5.32 Å². The largest absolute Gasteiger partial charge is 0.449 e. The van der Waals surface area contributed by atoms with E-state index >= 15 is 0 Å². The number of rotatable bonds is 6. The summed E-state index contributed by atoms with van der Waals surface area (Å²) in [5.41, 5.74) is 2.27. The summed E-state index contributed by atoms with van der Waals surface area (Å²) < 4.78 is 5.32. The minimum Gasteiger partial charge on any atom is -0.449 e. The van der Waals surface area contributed by atoms with Gasteiger partial charge in [-0.15, -0.1) is 11.8 Å². The molecule has 0 saturated heterocycles. The molecule has 2 aromatic carbocycles. The lowest BCUT2D eigenvalue weighted by Gasteiger charge is -2.15. The Morgan fingerprint density at radius 3 is 2.46 bits per heavy atom. The van der Waals surface area contributed by atoms with Crippen LogP contribution >= 0.6 is 11.8 Å². The minimum absolute atomic E-state index is 0.354. The highest BCUT2D eigenvalue weighted by molar-refractivity contribution is 7.99. The third kappa shape index (κ3) is 4.86. The zero-order valence-corrected chi connectivity index (χ0v) is 14.9. The molecule has 1 N–H and O–H groups in total. The van der Waals surface area contributed by atoms with Gasteiger partial charge in [0.2, 0.25) is 0 Å². The number of amides is 1. The van der Waals surface area contributed by atoms with Crippen LogP contribution in [0, 0.1) is 6.92 Å². The highest BCUT2D eigenvalue weighted by Crippen LogP contribution is 2.23. The van der Waals surface area contributed by atoms with Gasteiger partial charge in [0.1, 0.15) is 0 Å². The molecule has 0 unspecified atom stereocenters. The number of ether oxygens (including phenoxy) is 1. The van der Waals surface area contributed by atoms with Crippen LogP contribution in [0.3, 0.4) is 0 Å². The van der Waals surface area contributed by atoms with Gasteiger partial charge in [-0.25, -0.2) is 4.79 Å². The van der Waals surface area contributed by atoms with Crippen molar-refractivity contribution >= 4 is 29.3 Å². The highest BCUT2D eigenvalue weighted by atomic mass is 32.2. The summed E-state index contributed by atoms with van der Waals surface area (Å²) in [6.45, 7) is 5.56. The third-order valence-electron chi connectivity index (χ3n) is 3.38. The first kappa shape index (κ1) is 18.1. The van der Waals surface area contributed by atoms with Gasteiger partial charge in [0.15, 0.2) is 6.10 Å². The Hall–Kier alpha value is -2.27. The van der Waals surface area contributed by atoms with Crippen LogP contribution in [0.15, 0.2) is 53.4 Å². The molecule has 1 atom stereocenters. The van der Waals surface area contributed by atoms with Crippen LogP contribution in [0.2, 0.25) is 0 Å². The second-order valence-electron chi connectivity index (χ2n) is 5.33. The number of esters is 1. The molecule has 0 spiro atoms. The lowest BCUT2D eigenvalue weighted by molar-refractivity contribution is -0.123. The van der Waals surface area contributed by atoms with Gasteiger partial charge < -0.3 is 10.1 Å². The van der Waals surface area contributed by atoms with Gasteiger partial charge in [-0.3, -0.25) is 4.79 Å². The molecule has 126 valence electrons. The predicted octanol–water partition coefficient (Wildman–Crippen LogP) is 4.29. The summed E-state index contributed by atoms with van der Waals surface area (Å²) in [4.78, 5) is 25.4. The average molecular weight is 343 g/mol. The van der Waals surface area contributed by atoms with Crippen LogP contribution in [-0.4, -0.2) is 23.7 Å². The van der Waals surface area contributed by atoms with Gasteiger partial charge in [-0.1, -0.05) is 36.8 Å². The molecule has 0 fully saturated rings. The highest BCUT2D eigenvalue weighted by Gasteiger charge is 2.20. The van der Waals surface area contributed by atoms with Crippen molar-refractivity contribution in [2.75, 3.05) is 11.1 Å². The monoisotopic (exact) mass is 343 g/mol. The molecule has 0 aliphatic carbocycles. The maximum Gasteiger partial charge on any atom is 0.340 e. The molecule has 1 amide bonds. The Labute approximate surface area is 146 Å². The number of aryl methyl sites for hydroxylation is 1. The fraction of sp³-hybridized carbons (Fsp3) is 0.263. The Morgan fingerprint density at radius 1 is 1.12 bits per heavy atom. The topological polar surface area (TPSA) is 55.4 Å². The van der Waals surface area contributed by atoms with E-state index in [1.54, 1.807) is 30.8 Å². The van der Waals surface area contributed by atoms with Gasteiger partial charge in [0.05, 0.1) is 5.56 Å². The Balaban J connectivity index is 2.00. The molecular weight excluding hydrogens is 322 g/mol. The van der Waals surface area contributed by atoms with Crippen LogP contribution in [0.25, 0.3) is 0 Å². The SMILES string of the molecule is CCSc1ccccc1C(=O)O[C@@H](C)C(=O)Nc1ccc(C)cc1. The number of carbonyl (C=O) groups is 2. The summed E-state index contributed by atoms with van der Waals surface area (Å²) in [5.74, 6) is 0.0132. The zero-order valence-electron chi connectivity index (χ0n) is 14.0. The van der Waals surface area contributed by atoms with Crippen LogP contribution in [0.5, 0.6) is 0 Å². The minimum atomic E-state index is -0.876. The Kier molecular flexibility index (Phi) is 6.44. The number of benzene rings is 2. The number of hydrogen-bond donors (Lipinski definition) is 1. The van der Waals surface area contributed by atoms with Crippen molar-refractivity contribution in [3.63, 3.8) is 0 Å². The maximum absolute atomic E-state index is 12.3. The molecule has 0 aliphatic heterocycles. The second kappa shape index (κ2) is 8.55. The smallest absolute Gasteiger partial charge is 0.340 e. The van der Waals surface area contributed by atoms with Gasteiger partial charge in [-0.05, 0) is 43.9 Å². The van der Waals surface area contributed by atoms with E-state index < -0.39 is 12.1 Å². The zero-order chi connectivity index (χ0) is 17.5. The first-order valence-electron chi connectivity index (χ1n) is 7.81. The molecule has 2 rings (SSSR count). The van der Waals surface area contributed by atoms with Gasteiger partial charge >= 0.3 is 5.97 Å².